The van der Waals surface area contributed by atoms with Crippen LogP contribution in [0.1, 0.15) is 55.3 Å². The van der Waals surface area contributed by atoms with Gasteiger partial charge < -0.3 is 10.4 Å². The molecule has 4 nitrogen and oxygen atoms in total. The molecular formula is C16H20FNO3. The normalized spacial score (nSPS) is 16.2. The van der Waals surface area contributed by atoms with Crippen LogP contribution in [0.4, 0.5) is 10.1 Å². The summed E-state index contributed by atoms with van der Waals surface area (Å²) in [7, 11) is 0. The lowest BCUT2D eigenvalue weighted by atomic mass is 9.96. The van der Waals surface area contributed by atoms with Crippen LogP contribution >= 0.6 is 0 Å². The average Bonchev–Trinajstić information content (AvgIpc) is 2.69. The van der Waals surface area contributed by atoms with Gasteiger partial charge in [0, 0.05) is 6.42 Å². The Morgan fingerprint density at radius 2 is 1.86 bits per heavy atom. The first-order chi connectivity index (χ1) is 10.1. The fourth-order valence-corrected chi connectivity index (χ4v) is 2.85. The van der Waals surface area contributed by atoms with Gasteiger partial charge in [0.1, 0.15) is 5.82 Å². The minimum Gasteiger partial charge on any atom is -0.478 e. The van der Waals surface area contributed by atoms with E-state index in [0.29, 0.717) is 12.3 Å². The van der Waals surface area contributed by atoms with E-state index in [-0.39, 0.29) is 17.2 Å². The molecule has 2 N–H and O–H groups in total. The van der Waals surface area contributed by atoms with Crippen LogP contribution in [0, 0.1) is 11.7 Å². The van der Waals surface area contributed by atoms with Crippen LogP contribution in [0.25, 0.3) is 0 Å². The highest BCUT2D eigenvalue weighted by Crippen LogP contribution is 2.26. The van der Waals surface area contributed by atoms with Gasteiger partial charge in [0.2, 0.25) is 5.91 Å². The molecule has 5 heteroatoms. The molecule has 1 aromatic carbocycles. The first-order valence-corrected chi connectivity index (χ1v) is 7.39. The lowest BCUT2D eigenvalue weighted by Crippen LogP contribution is -2.19. The number of halogens is 1. The van der Waals surface area contributed by atoms with Crippen molar-refractivity contribution in [3.63, 3.8) is 0 Å². The number of hydrogen-bond acceptors (Lipinski definition) is 2. The summed E-state index contributed by atoms with van der Waals surface area (Å²) in [5.41, 5.74) is -0.451. The van der Waals surface area contributed by atoms with Crippen molar-refractivity contribution < 1.29 is 19.1 Å². The number of aromatic carboxylic acids is 1. The van der Waals surface area contributed by atoms with E-state index >= 15 is 0 Å². The SMILES string of the molecule is O=C(CC1CCCCCC1)Nc1c(F)cccc1C(=O)O. The Hall–Kier alpha value is -1.91. The first-order valence-electron chi connectivity index (χ1n) is 7.39. The molecule has 0 aromatic heterocycles. The lowest BCUT2D eigenvalue weighted by Gasteiger charge is -2.15. The molecule has 0 bridgehead atoms. The van der Waals surface area contributed by atoms with E-state index in [1.165, 1.54) is 25.0 Å². The zero-order valence-corrected chi connectivity index (χ0v) is 11.9. The molecule has 0 heterocycles. The minimum absolute atomic E-state index is 0.218. The Labute approximate surface area is 123 Å². The molecule has 0 atom stereocenters. The summed E-state index contributed by atoms with van der Waals surface area (Å²) in [4.78, 5) is 23.1. The van der Waals surface area contributed by atoms with Crippen LogP contribution in [0.2, 0.25) is 0 Å². The number of para-hydroxylation sites is 1. The van der Waals surface area contributed by atoms with E-state index in [1.54, 1.807) is 0 Å². The first kappa shape index (κ1) is 15.5. The monoisotopic (exact) mass is 293 g/mol. The highest BCUT2D eigenvalue weighted by Gasteiger charge is 2.20. The van der Waals surface area contributed by atoms with Crippen LogP contribution in [0.3, 0.4) is 0 Å². The van der Waals surface area contributed by atoms with Crippen molar-refractivity contribution in [3.05, 3.63) is 29.6 Å². The molecule has 0 aliphatic heterocycles. The third kappa shape index (κ3) is 4.28. The number of nitrogens with one attached hydrogen (secondary N) is 1. The van der Waals surface area contributed by atoms with Crippen molar-refractivity contribution in [2.75, 3.05) is 5.32 Å². The van der Waals surface area contributed by atoms with Crippen LogP contribution in [0.5, 0.6) is 0 Å². The zero-order chi connectivity index (χ0) is 15.2. The fourth-order valence-electron chi connectivity index (χ4n) is 2.85. The maximum absolute atomic E-state index is 13.7. The van der Waals surface area contributed by atoms with Crippen LogP contribution < -0.4 is 5.32 Å². The largest absolute Gasteiger partial charge is 0.478 e. The number of rotatable bonds is 4. The molecule has 1 aliphatic carbocycles. The maximum Gasteiger partial charge on any atom is 0.337 e. The Bertz CT molecular complexity index is 522. The highest BCUT2D eigenvalue weighted by atomic mass is 19.1. The van der Waals surface area contributed by atoms with Crippen LogP contribution in [0.15, 0.2) is 18.2 Å². The van der Waals surface area contributed by atoms with E-state index < -0.39 is 11.8 Å². The molecule has 0 radical (unpaired) electrons. The van der Waals surface area contributed by atoms with Crippen molar-refractivity contribution in [2.45, 2.75) is 44.9 Å². The number of carbonyl (C=O) groups is 2. The zero-order valence-electron chi connectivity index (χ0n) is 11.9. The van der Waals surface area contributed by atoms with E-state index in [2.05, 4.69) is 5.32 Å². The molecule has 0 unspecified atom stereocenters. The van der Waals surface area contributed by atoms with Gasteiger partial charge in [-0.05, 0) is 30.9 Å². The summed E-state index contributed by atoms with van der Waals surface area (Å²) in [6.45, 7) is 0. The second kappa shape index (κ2) is 7.20. The van der Waals surface area contributed by atoms with Gasteiger partial charge in [0.05, 0.1) is 11.3 Å². The quantitative estimate of drug-likeness (QED) is 0.829. The summed E-state index contributed by atoms with van der Waals surface area (Å²) in [5.74, 6) is -1.97. The fraction of sp³-hybridized carbons (Fsp3) is 0.500. The molecule has 1 fully saturated rings. The summed E-state index contributed by atoms with van der Waals surface area (Å²) >= 11 is 0. The Balaban J connectivity index is 2.03. The standard InChI is InChI=1S/C16H20FNO3/c17-13-9-5-8-12(16(20)21)15(13)18-14(19)10-11-6-3-1-2-4-7-11/h5,8-9,11H,1-4,6-7,10H2,(H,18,19)(H,20,21). The van der Waals surface area contributed by atoms with E-state index in [9.17, 15) is 14.0 Å². The van der Waals surface area contributed by atoms with Gasteiger partial charge in [-0.1, -0.05) is 31.7 Å². The van der Waals surface area contributed by atoms with Crippen molar-refractivity contribution in [3.8, 4) is 0 Å². The second-order valence-corrected chi connectivity index (χ2v) is 5.58. The van der Waals surface area contributed by atoms with Crippen LogP contribution in [-0.4, -0.2) is 17.0 Å². The number of carbonyl (C=O) groups excluding carboxylic acids is 1. The number of amides is 1. The number of anilines is 1. The van der Waals surface area contributed by atoms with Crippen molar-refractivity contribution in [2.24, 2.45) is 5.92 Å². The second-order valence-electron chi connectivity index (χ2n) is 5.58. The van der Waals surface area contributed by atoms with Gasteiger partial charge in [-0.2, -0.15) is 0 Å². The third-order valence-corrected chi connectivity index (χ3v) is 3.96. The number of carboxylic acid groups (broad SMARTS) is 1. The molecule has 1 aromatic rings. The molecule has 1 aliphatic rings. The third-order valence-electron chi connectivity index (χ3n) is 3.96. The summed E-state index contributed by atoms with van der Waals surface area (Å²) < 4.78 is 13.7. The number of hydrogen-bond donors (Lipinski definition) is 2. The Morgan fingerprint density at radius 3 is 2.48 bits per heavy atom. The van der Waals surface area contributed by atoms with Gasteiger partial charge in [0.25, 0.3) is 0 Å². The van der Waals surface area contributed by atoms with Crippen LogP contribution in [-0.2, 0) is 4.79 Å². The number of carboxylic acids is 1. The van der Waals surface area contributed by atoms with Gasteiger partial charge in [-0.25, -0.2) is 9.18 Å². The summed E-state index contributed by atoms with van der Waals surface area (Å²) in [5, 5.41) is 11.5. The van der Waals surface area contributed by atoms with E-state index in [0.717, 1.165) is 31.7 Å². The minimum atomic E-state index is -1.25. The molecule has 1 saturated carbocycles. The molecular weight excluding hydrogens is 273 g/mol. The Kier molecular flexibility index (Phi) is 5.31. The molecule has 1 amide bonds. The molecule has 21 heavy (non-hydrogen) atoms. The smallest absolute Gasteiger partial charge is 0.337 e. The van der Waals surface area contributed by atoms with E-state index in [4.69, 9.17) is 5.11 Å². The summed E-state index contributed by atoms with van der Waals surface area (Å²) in [6.07, 6.45) is 7.00. The van der Waals surface area contributed by atoms with Crippen molar-refractivity contribution >= 4 is 17.6 Å². The predicted octanol–water partition coefficient (Wildman–Crippen LogP) is 3.82. The van der Waals surface area contributed by atoms with Crippen molar-refractivity contribution in [1.29, 1.82) is 0 Å². The topological polar surface area (TPSA) is 66.4 Å². The van der Waals surface area contributed by atoms with Crippen molar-refractivity contribution in [1.82, 2.24) is 0 Å². The number of benzene rings is 1. The van der Waals surface area contributed by atoms with Gasteiger partial charge in [0.15, 0.2) is 0 Å². The highest BCUT2D eigenvalue weighted by molar-refractivity contribution is 6.00. The van der Waals surface area contributed by atoms with Gasteiger partial charge in [-0.15, -0.1) is 0 Å². The summed E-state index contributed by atoms with van der Waals surface area (Å²) in [6, 6.07) is 3.75. The van der Waals surface area contributed by atoms with E-state index in [1.807, 2.05) is 0 Å². The molecule has 2 rings (SSSR count). The predicted molar refractivity (Wildman–Crippen MR) is 77.8 cm³/mol. The maximum atomic E-state index is 13.7. The average molecular weight is 293 g/mol. The molecule has 114 valence electrons. The molecule has 0 spiro atoms. The Morgan fingerprint density at radius 1 is 1.19 bits per heavy atom. The van der Waals surface area contributed by atoms with Gasteiger partial charge in [-0.3, -0.25) is 4.79 Å². The van der Waals surface area contributed by atoms with Gasteiger partial charge >= 0.3 is 5.97 Å². The lowest BCUT2D eigenvalue weighted by molar-refractivity contribution is -0.117. The molecule has 0 saturated heterocycles.